The molecular formula is C9H14N2O2. The molecular weight excluding hydrogens is 168 g/mol. The summed E-state index contributed by atoms with van der Waals surface area (Å²) >= 11 is 0. The molecule has 1 fully saturated rings. The highest BCUT2D eigenvalue weighted by Gasteiger charge is 2.02. The van der Waals surface area contributed by atoms with Crippen LogP contribution in [0, 0.1) is 11.3 Å². The Morgan fingerprint density at radius 3 is 2.46 bits per heavy atom. The first kappa shape index (κ1) is 11.7. The topological polar surface area (TPSA) is 73.1 Å². The van der Waals surface area contributed by atoms with Gasteiger partial charge in [-0.15, -0.1) is 0 Å². The van der Waals surface area contributed by atoms with E-state index in [1.165, 1.54) is 5.57 Å². The quantitative estimate of drug-likeness (QED) is 0.546. The number of allylic oxidation sites excluding steroid dienone is 1. The first-order valence-corrected chi connectivity index (χ1v) is 4.14. The summed E-state index contributed by atoms with van der Waals surface area (Å²) < 4.78 is 0. The molecule has 1 aliphatic rings. The average Bonchev–Trinajstić information content (AvgIpc) is 2.06. The van der Waals surface area contributed by atoms with Crippen LogP contribution in [0.25, 0.3) is 0 Å². The predicted molar refractivity (Wildman–Crippen MR) is 49.1 cm³/mol. The number of rotatable bonds is 0. The van der Waals surface area contributed by atoms with E-state index in [0.29, 0.717) is 0 Å². The molecule has 0 amide bonds. The Balaban J connectivity index is 0.000000310. The fourth-order valence-electron chi connectivity index (χ4n) is 0.984. The number of piperidine rings is 1. The maximum Gasteiger partial charge on any atom is 0.300 e. The highest BCUT2D eigenvalue weighted by molar-refractivity contribution is 5.62. The molecule has 1 aliphatic heterocycles. The smallest absolute Gasteiger partial charge is 0.300 e. The van der Waals surface area contributed by atoms with E-state index >= 15 is 0 Å². The molecule has 4 heteroatoms. The molecule has 2 N–H and O–H groups in total. The van der Waals surface area contributed by atoms with E-state index in [1.807, 2.05) is 6.07 Å². The Kier molecular flexibility index (Phi) is 6.56. The van der Waals surface area contributed by atoms with Gasteiger partial charge in [-0.05, 0) is 25.9 Å². The van der Waals surface area contributed by atoms with Gasteiger partial charge in [0.1, 0.15) is 0 Å². The van der Waals surface area contributed by atoms with Crippen LogP contribution in [-0.2, 0) is 4.79 Å². The molecule has 0 unspecified atom stereocenters. The third-order valence-corrected chi connectivity index (χ3v) is 1.51. The molecule has 0 aromatic carbocycles. The summed E-state index contributed by atoms with van der Waals surface area (Å²) in [5, 5.41) is 18.9. The monoisotopic (exact) mass is 182 g/mol. The van der Waals surface area contributed by atoms with Crippen LogP contribution in [-0.4, -0.2) is 24.2 Å². The Hall–Kier alpha value is -1.34. The summed E-state index contributed by atoms with van der Waals surface area (Å²) in [4.78, 5) is 9.00. The van der Waals surface area contributed by atoms with Crippen molar-refractivity contribution in [2.24, 2.45) is 0 Å². The zero-order chi connectivity index (χ0) is 10.1. The first-order chi connectivity index (χ1) is 6.16. The fourth-order valence-corrected chi connectivity index (χ4v) is 0.984. The predicted octanol–water partition coefficient (Wildman–Crippen LogP) is 0.911. The van der Waals surface area contributed by atoms with Gasteiger partial charge in [-0.3, -0.25) is 4.79 Å². The van der Waals surface area contributed by atoms with Crippen molar-refractivity contribution in [1.82, 2.24) is 5.32 Å². The van der Waals surface area contributed by atoms with Gasteiger partial charge in [0.2, 0.25) is 0 Å². The van der Waals surface area contributed by atoms with Crippen LogP contribution in [0.1, 0.15) is 19.8 Å². The summed E-state index contributed by atoms with van der Waals surface area (Å²) in [6.07, 6.45) is 3.77. The number of nitrogens with one attached hydrogen (secondary N) is 1. The highest BCUT2D eigenvalue weighted by atomic mass is 16.4. The average molecular weight is 182 g/mol. The largest absolute Gasteiger partial charge is 0.481 e. The van der Waals surface area contributed by atoms with E-state index in [2.05, 4.69) is 5.32 Å². The molecule has 1 saturated heterocycles. The Morgan fingerprint density at radius 2 is 2.08 bits per heavy atom. The van der Waals surface area contributed by atoms with Crippen molar-refractivity contribution in [3.63, 3.8) is 0 Å². The van der Waals surface area contributed by atoms with Crippen molar-refractivity contribution in [3.8, 4) is 6.07 Å². The maximum absolute atomic E-state index is 9.00. The van der Waals surface area contributed by atoms with Crippen molar-refractivity contribution < 1.29 is 9.90 Å². The molecule has 0 radical (unpaired) electrons. The number of hydrogen-bond acceptors (Lipinski definition) is 3. The lowest BCUT2D eigenvalue weighted by molar-refractivity contribution is -0.134. The second-order valence-electron chi connectivity index (χ2n) is 2.70. The van der Waals surface area contributed by atoms with Gasteiger partial charge in [0.25, 0.3) is 5.97 Å². The maximum atomic E-state index is 9.00. The molecule has 0 spiro atoms. The van der Waals surface area contributed by atoms with E-state index < -0.39 is 5.97 Å². The van der Waals surface area contributed by atoms with Gasteiger partial charge in [0.05, 0.1) is 6.07 Å². The van der Waals surface area contributed by atoms with Crippen molar-refractivity contribution >= 4 is 5.97 Å². The van der Waals surface area contributed by atoms with Crippen LogP contribution in [0.2, 0.25) is 0 Å². The van der Waals surface area contributed by atoms with E-state index in [1.54, 1.807) is 6.08 Å². The minimum atomic E-state index is -0.833. The van der Waals surface area contributed by atoms with Gasteiger partial charge in [0.15, 0.2) is 0 Å². The number of carbonyl (C=O) groups is 1. The van der Waals surface area contributed by atoms with Crippen LogP contribution in [0.3, 0.4) is 0 Å². The molecule has 13 heavy (non-hydrogen) atoms. The number of carboxylic acid groups (broad SMARTS) is 1. The van der Waals surface area contributed by atoms with Crippen LogP contribution >= 0.6 is 0 Å². The second kappa shape index (κ2) is 7.32. The van der Waals surface area contributed by atoms with Gasteiger partial charge in [0, 0.05) is 13.0 Å². The lowest BCUT2D eigenvalue weighted by Crippen LogP contribution is -2.22. The van der Waals surface area contributed by atoms with Crippen molar-refractivity contribution in [2.45, 2.75) is 19.8 Å². The third-order valence-electron chi connectivity index (χ3n) is 1.51. The minimum Gasteiger partial charge on any atom is -0.481 e. The van der Waals surface area contributed by atoms with E-state index in [-0.39, 0.29) is 0 Å². The van der Waals surface area contributed by atoms with Crippen molar-refractivity contribution in [1.29, 1.82) is 5.26 Å². The first-order valence-electron chi connectivity index (χ1n) is 4.14. The second-order valence-corrected chi connectivity index (χ2v) is 2.70. The Morgan fingerprint density at radius 1 is 1.62 bits per heavy atom. The molecule has 0 saturated carbocycles. The normalized spacial score (nSPS) is 14.9. The molecule has 4 nitrogen and oxygen atoms in total. The number of hydrogen-bond donors (Lipinski definition) is 2. The summed E-state index contributed by atoms with van der Waals surface area (Å²) in [6.45, 7) is 3.15. The number of carboxylic acids is 1. The molecule has 72 valence electrons. The molecule has 0 aromatic heterocycles. The van der Waals surface area contributed by atoms with Crippen molar-refractivity contribution in [2.75, 3.05) is 13.1 Å². The summed E-state index contributed by atoms with van der Waals surface area (Å²) in [6, 6.07) is 2.05. The fraction of sp³-hybridized carbons (Fsp3) is 0.556. The van der Waals surface area contributed by atoms with Gasteiger partial charge < -0.3 is 10.4 Å². The highest BCUT2D eigenvalue weighted by Crippen LogP contribution is 2.08. The molecule has 1 rings (SSSR count). The lowest BCUT2D eigenvalue weighted by Gasteiger charge is -2.13. The zero-order valence-corrected chi connectivity index (χ0v) is 7.71. The van der Waals surface area contributed by atoms with Gasteiger partial charge >= 0.3 is 0 Å². The Labute approximate surface area is 77.9 Å². The SMILES string of the molecule is CC(=O)O.N#CC=C1CCNCC1. The number of nitriles is 1. The molecule has 0 bridgehead atoms. The van der Waals surface area contributed by atoms with E-state index in [0.717, 1.165) is 32.9 Å². The molecule has 1 heterocycles. The summed E-state index contributed by atoms with van der Waals surface area (Å²) in [5.74, 6) is -0.833. The summed E-state index contributed by atoms with van der Waals surface area (Å²) in [7, 11) is 0. The number of nitrogens with zero attached hydrogens (tertiary/aromatic N) is 1. The molecule has 0 aliphatic carbocycles. The van der Waals surface area contributed by atoms with Gasteiger partial charge in [-0.1, -0.05) is 5.57 Å². The summed E-state index contributed by atoms with van der Waals surface area (Å²) in [5.41, 5.74) is 1.29. The molecule has 0 aromatic rings. The van der Waals surface area contributed by atoms with Gasteiger partial charge in [-0.2, -0.15) is 5.26 Å². The minimum absolute atomic E-state index is 0.833. The molecule has 0 atom stereocenters. The van der Waals surface area contributed by atoms with Crippen LogP contribution in [0.5, 0.6) is 0 Å². The van der Waals surface area contributed by atoms with E-state index in [4.69, 9.17) is 15.2 Å². The van der Waals surface area contributed by atoms with Crippen LogP contribution in [0.15, 0.2) is 11.6 Å². The van der Waals surface area contributed by atoms with Crippen LogP contribution in [0.4, 0.5) is 0 Å². The van der Waals surface area contributed by atoms with Crippen molar-refractivity contribution in [3.05, 3.63) is 11.6 Å². The zero-order valence-electron chi connectivity index (χ0n) is 7.71. The number of aliphatic carboxylic acids is 1. The Bertz CT molecular complexity index is 216. The standard InChI is InChI=1S/C7H10N2.C2H4O2/c8-4-1-7-2-5-9-6-3-7;1-2(3)4/h1,9H,2-3,5-6H2;1H3,(H,3,4). The van der Waals surface area contributed by atoms with Crippen LogP contribution < -0.4 is 5.32 Å². The third kappa shape index (κ3) is 8.57. The van der Waals surface area contributed by atoms with Gasteiger partial charge in [-0.25, -0.2) is 0 Å². The lowest BCUT2D eigenvalue weighted by atomic mass is 10.1. The van der Waals surface area contributed by atoms with E-state index in [9.17, 15) is 0 Å².